The zero-order valence-corrected chi connectivity index (χ0v) is 11.8. The van der Waals surface area contributed by atoms with Crippen molar-refractivity contribution in [3.05, 3.63) is 29.8 Å². The first-order valence-electron chi connectivity index (χ1n) is 5.97. The van der Waals surface area contributed by atoms with E-state index in [4.69, 9.17) is 13.3 Å². The van der Waals surface area contributed by atoms with Crippen LogP contribution in [0, 0.1) is 11.6 Å². The van der Waals surface area contributed by atoms with Crippen LogP contribution in [-0.4, -0.2) is 28.6 Å². The molecule has 1 aromatic rings. The molecule has 0 bridgehead atoms. The minimum absolute atomic E-state index is 0.212. The molecule has 3 nitrogen and oxygen atoms in total. The van der Waals surface area contributed by atoms with E-state index in [0.29, 0.717) is 0 Å². The van der Waals surface area contributed by atoms with Gasteiger partial charge in [-0.05, 0) is 32.9 Å². The van der Waals surface area contributed by atoms with Gasteiger partial charge in [-0.15, -0.1) is 0 Å². The maximum atomic E-state index is 13.9. The molecular formula is C12H18F2O3Si. The van der Waals surface area contributed by atoms with Crippen LogP contribution in [0.25, 0.3) is 0 Å². The Morgan fingerprint density at radius 2 is 1.28 bits per heavy atom. The summed E-state index contributed by atoms with van der Waals surface area (Å²) in [5, 5.41) is -0.212. The molecule has 0 aromatic heterocycles. The Labute approximate surface area is 107 Å². The predicted molar refractivity (Wildman–Crippen MR) is 66.6 cm³/mol. The normalized spacial score (nSPS) is 11.8. The van der Waals surface area contributed by atoms with Gasteiger partial charge in [-0.3, -0.25) is 0 Å². The minimum atomic E-state index is -3.51. The summed E-state index contributed by atoms with van der Waals surface area (Å²) in [6.07, 6.45) is 0. The van der Waals surface area contributed by atoms with E-state index in [1.807, 2.05) is 0 Å². The van der Waals surface area contributed by atoms with E-state index in [1.165, 1.54) is 18.2 Å². The van der Waals surface area contributed by atoms with Crippen LogP contribution in [0.1, 0.15) is 20.8 Å². The van der Waals surface area contributed by atoms with Crippen molar-refractivity contribution >= 4 is 14.0 Å². The second-order valence-corrected chi connectivity index (χ2v) is 5.93. The number of halogens is 2. The Balaban J connectivity index is 3.30. The van der Waals surface area contributed by atoms with Crippen LogP contribution in [0.4, 0.5) is 8.78 Å². The highest BCUT2D eigenvalue weighted by Crippen LogP contribution is 2.15. The molecule has 0 aliphatic rings. The highest BCUT2D eigenvalue weighted by molar-refractivity contribution is 6.75. The third-order valence-corrected chi connectivity index (χ3v) is 5.37. The molecule has 0 N–H and O–H groups in total. The molecule has 0 spiro atoms. The molecule has 0 saturated heterocycles. The van der Waals surface area contributed by atoms with Crippen LogP contribution < -0.4 is 5.19 Å². The van der Waals surface area contributed by atoms with Crippen LogP contribution in [-0.2, 0) is 13.3 Å². The van der Waals surface area contributed by atoms with Crippen molar-refractivity contribution in [2.45, 2.75) is 20.8 Å². The first-order valence-corrected chi connectivity index (χ1v) is 7.70. The lowest BCUT2D eigenvalue weighted by Crippen LogP contribution is -2.59. The van der Waals surface area contributed by atoms with E-state index in [2.05, 4.69) is 0 Å². The molecule has 0 aliphatic carbocycles. The molecule has 1 aromatic carbocycles. The lowest BCUT2D eigenvalue weighted by molar-refractivity contribution is 0.0844. The van der Waals surface area contributed by atoms with E-state index in [1.54, 1.807) is 20.8 Å². The van der Waals surface area contributed by atoms with Crippen LogP contribution in [0.3, 0.4) is 0 Å². The average molecular weight is 276 g/mol. The Hall–Kier alpha value is -0.823. The van der Waals surface area contributed by atoms with Crippen LogP contribution >= 0.6 is 0 Å². The Kier molecular flexibility index (Phi) is 5.87. The van der Waals surface area contributed by atoms with E-state index in [9.17, 15) is 8.78 Å². The van der Waals surface area contributed by atoms with Gasteiger partial charge >= 0.3 is 8.80 Å². The Morgan fingerprint density at radius 1 is 0.889 bits per heavy atom. The van der Waals surface area contributed by atoms with Gasteiger partial charge in [0.2, 0.25) is 0 Å². The average Bonchev–Trinajstić information content (AvgIpc) is 2.29. The smallest absolute Gasteiger partial charge is 0.370 e. The van der Waals surface area contributed by atoms with Gasteiger partial charge in [0, 0.05) is 19.8 Å². The third kappa shape index (κ3) is 3.14. The van der Waals surface area contributed by atoms with Crippen molar-refractivity contribution in [3.63, 3.8) is 0 Å². The van der Waals surface area contributed by atoms with Gasteiger partial charge in [0.25, 0.3) is 0 Å². The molecule has 0 amide bonds. The summed E-state index contributed by atoms with van der Waals surface area (Å²) in [5.41, 5.74) is 0. The lowest BCUT2D eigenvalue weighted by atomic mass is 10.3. The highest BCUT2D eigenvalue weighted by Gasteiger charge is 2.47. The summed E-state index contributed by atoms with van der Waals surface area (Å²) in [5.74, 6) is -1.39. The molecule has 0 heterocycles. The Bertz CT molecular complexity index is 350. The summed E-state index contributed by atoms with van der Waals surface area (Å²) in [6.45, 7) is 6.00. The van der Waals surface area contributed by atoms with E-state index >= 15 is 0 Å². The van der Waals surface area contributed by atoms with Crippen LogP contribution in [0.5, 0.6) is 0 Å². The molecule has 0 fully saturated rings. The summed E-state index contributed by atoms with van der Waals surface area (Å²) in [6, 6.07) is 3.66. The van der Waals surface area contributed by atoms with Crippen molar-refractivity contribution < 1.29 is 22.1 Å². The van der Waals surface area contributed by atoms with E-state index < -0.39 is 20.4 Å². The Morgan fingerprint density at radius 3 is 1.61 bits per heavy atom. The molecule has 0 radical (unpaired) electrons. The summed E-state index contributed by atoms with van der Waals surface area (Å²) < 4.78 is 44.2. The van der Waals surface area contributed by atoms with Gasteiger partial charge in [-0.1, -0.05) is 6.07 Å². The van der Waals surface area contributed by atoms with Gasteiger partial charge in [0.15, 0.2) is 0 Å². The van der Waals surface area contributed by atoms with E-state index in [-0.39, 0.29) is 25.0 Å². The first-order chi connectivity index (χ1) is 8.61. The minimum Gasteiger partial charge on any atom is -0.370 e. The summed E-state index contributed by atoms with van der Waals surface area (Å²) in [7, 11) is -3.51. The van der Waals surface area contributed by atoms with Crippen molar-refractivity contribution in [3.8, 4) is 0 Å². The molecule has 0 aliphatic heterocycles. The fraction of sp³-hybridized carbons (Fsp3) is 0.500. The first kappa shape index (κ1) is 15.2. The van der Waals surface area contributed by atoms with Gasteiger partial charge in [-0.25, -0.2) is 8.78 Å². The lowest BCUT2D eigenvalue weighted by Gasteiger charge is -2.28. The zero-order valence-electron chi connectivity index (χ0n) is 10.8. The molecule has 18 heavy (non-hydrogen) atoms. The van der Waals surface area contributed by atoms with Gasteiger partial charge < -0.3 is 13.3 Å². The zero-order chi connectivity index (χ0) is 13.6. The molecule has 1 rings (SSSR count). The number of hydrogen-bond acceptors (Lipinski definition) is 3. The molecule has 0 atom stereocenters. The largest absolute Gasteiger partial charge is 0.543 e. The molecule has 102 valence electrons. The number of benzene rings is 1. The monoisotopic (exact) mass is 276 g/mol. The predicted octanol–water partition coefficient (Wildman–Crippen LogP) is 2.22. The molecule has 0 saturated carbocycles. The van der Waals surface area contributed by atoms with Gasteiger partial charge in [0.05, 0.1) is 5.19 Å². The van der Waals surface area contributed by atoms with Crippen LogP contribution in [0.2, 0.25) is 0 Å². The SMILES string of the molecule is CCO[Si](OCC)(OCC)c1c(F)cccc1F. The van der Waals surface area contributed by atoms with Gasteiger partial charge in [0.1, 0.15) is 11.6 Å². The maximum absolute atomic E-state index is 13.9. The summed E-state index contributed by atoms with van der Waals surface area (Å²) in [4.78, 5) is 0. The maximum Gasteiger partial charge on any atom is 0.543 e. The fourth-order valence-corrected chi connectivity index (χ4v) is 4.28. The quantitative estimate of drug-likeness (QED) is 0.715. The molecule has 6 heteroatoms. The standard InChI is InChI=1S/C12H18F2O3Si/c1-4-15-18(16-5-2,17-6-3)12-10(13)8-7-9-11(12)14/h7-9H,4-6H2,1-3H3. The third-order valence-electron chi connectivity index (χ3n) is 2.27. The van der Waals surface area contributed by atoms with Crippen molar-refractivity contribution in [2.24, 2.45) is 0 Å². The highest BCUT2D eigenvalue weighted by atomic mass is 28.4. The number of rotatable bonds is 7. The molecular weight excluding hydrogens is 258 g/mol. The molecule has 0 unspecified atom stereocenters. The summed E-state index contributed by atoms with van der Waals surface area (Å²) >= 11 is 0. The van der Waals surface area contributed by atoms with E-state index in [0.717, 1.165) is 0 Å². The number of hydrogen-bond donors (Lipinski definition) is 0. The van der Waals surface area contributed by atoms with Crippen molar-refractivity contribution in [1.82, 2.24) is 0 Å². The second kappa shape index (κ2) is 6.94. The van der Waals surface area contributed by atoms with Gasteiger partial charge in [-0.2, -0.15) is 0 Å². The van der Waals surface area contributed by atoms with Crippen molar-refractivity contribution in [2.75, 3.05) is 19.8 Å². The topological polar surface area (TPSA) is 27.7 Å². The van der Waals surface area contributed by atoms with Crippen LogP contribution in [0.15, 0.2) is 18.2 Å². The van der Waals surface area contributed by atoms with Crippen molar-refractivity contribution in [1.29, 1.82) is 0 Å². The fourth-order valence-electron chi connectivity index (χ4n) is 1.70. The second-order valence-electron chi connectivity index (χ2n) is 3.45.